The van der Waals surface area contributed by atoms with E-state index in [0.29, 0.717) is 29.7 Å². The van der Waals surface area contributed by atoms with Crippen molar-refractivity contribution in [1.29, 1.82) is 0 Å². The smallest absolute Gasteiger partial charge is 0.225 e. The Morgan fingerprint density at radius 2 is 2.00 bits per heavy atom. The molecule has 1 amide bonds. The average Bonchev–Trinajstić information content (AvgIpc) is 2.79. The fourth-order valence-electron chi connectivity index (χ4n) is 3.01. The molecular formula is C13H24N2O. The molecule has 0 aromatic rings. The molecular weight excluding hydrogens is 200 g/mol. The summed E-state index contributed by atoms with van der Waals surface area (Å²) >= 11 is 0. The molecule has 0 saturated carbocycles. The van der Waals surface area contributed by atoms with E-state index in [1.807, 2.05) is 0 Å². The third kappa shape index (κ3) is 1.86. The lowest BCUT2D eigenvalue weighted by atomic mass is 9.94. The monoisotopic (exact) mass is 224 g/mol. The maximum absolute atomic E-state index is 12.3. The highest BCUT2D eigenvalue weighted by molar-refractivity contribution is 5.79. The van der Waals surface area contributed by atoms with Crippen molar-refractivity contribution in [2.75, 3.05) is 19.6 Å². The van der Waals surface area contributed by atoms with Crippen molar-refractivity contribution in [1.82, 2.24) is 10.2 Å². The third-order valence-electron chi connectivity index (χ3n) is 4.61. The van der Waals surface area contributed by atoms with Gasteiger partial charge in [0.15, 0.2) is 0 Å². The third-order valence-corrected chi connectivity index (χ3v) is 4.61. The number of nitrogens with one attached hydrogen (secondary N) is 1. The minimum atomic E-state index is 0.161. The van der Waals surface area contributed by atoms with Crippen LogP contribution in [0.1, 0.15) is 27.7 Å². The Balaban J connectivity index is 2.04. The number of carbonyl (C=O) groups is 1. The molecule has 2 rings (SSSR count). The summed E-state index contributed by atoms with van der Waals surface area (Å²) in [5.74, 6) is 2.34. The predicted octanol–water partition coefficient (Wildman–Crippen LogP) is 1.34. The zero-order valence-corrected chi connectivity index (χ0v) is 10.9. The molecule has 0 aromatic carbocycles. The Labute approximate surface area is 98.6 Å². The van der Waals surface area contributed by atoms with Crippen LogP contribution in [0.2, 0.25) is 0 Å². The molecule has 2 aliphatic heterocycles. The lowest BCUT2D eigenvalue weighted by molar-refractivity contribution is -0.137. The van der Waals surface area contributed by atoms with Crippen LogP contribution in [0, 0.1) is 23.7 Å². The topological polar surface area (TPSA) is 32.3 Å². The number of hydrogen-bond acceptors (Lipinski definition) is 2. The fraction of sp³-hybridized carbons (Fsp3) is 0.923. The van der Waals surface area contributed by atoms with E-state index in [2.05, 4.69) is 37.9 Å². The summed E-state index contributed by atoms with van der Waals surface area (Å²) in [4.78, 5) is 14.5. The number of likely N-dealkylation sites (tertiary alicyclic amines) is 1. The molecule has 3 nitrogen and oxygen atoms in total. The van der Waals surface area contributed by atoms with Crippen LogP contribution in [0.3, 0.4) is 0 Å². The van der Waals surface area contributed by atoms with E-state index >= 15 is 0 Å². The molecule has 0 radical (unpaired) electrons. The van der Waals surface area contributed by atoms with Crippen LogP contribution in [0.15, 0.2) is 0 Å². The molecule has 1 N–H and O–H groups in total. The normalized spacial score (nSPS) is 35.6. The number of hydrogen-bond donors (Lipinski definition) is 1. The van der Waals surface area contributed by atoms with Gasteiger partial charge in [-0.3, -0.25) is 4.79 Å². The molecule has 0 bridgehead atoms. The second-order valence-electron chi connectivity index (χ2n) is 5.85. The van der Waals surface area contributed by atoms with Gasteiger partial charge in [0.25, 0.3) is 0 Å². The Kier molecular flexibility index (Phi) is 3.24. The van der Waals surface area contributed by atoms with Gasteiger partial charge in [0, 0.05) is 31.6 Å². The van der Waals surface area contributed by atoms with E-state index in [1.54, 1.807) is 0 Å². The number of carbonyl (C=O) groups excluding carboxylic acids is 1. The molecule has 0 aromatic heterocycles. The molecule has 16 heavy (non-hydrogen) atoms. The molecule has 92 valence electrons. The lowest BCUT2D eigenvalue weighted by Crippen LogP contribution is -2.42. The summed E-state index contributed by atoms with van der Waals surface area (Å²) in [6.45, 7) is 11.7. The lowest BCUT2D eigenvalue weighted by Gasteiger charge is -2.28. The maximum Gasteiger partial charge on any atom is 0.225 e. The molecule has 2 aliphatic rings. The van der Waals surface area contributed by atoms with E-state index in [9.17, 15) is 4.79 Å². The zero-order valence-electron chi connectivity index (χ0n) is 10.9. The van der Waals surface area contributed by atoms with Crippen molar-refractivity contribution in [3.8, 4) is 0 Å². The predicted molar refractivity (Wildman–Crippen MR) is 65.0 cm³/mol. The van der Waals surface area contributed by atoms with Gasteiger partial charge in [0.05, 0.1) is 0 Å². The molecule has 4 unspecified atom stereocenters. The number of nitrogens with zero attached hydrogens (tertiary/aromatic N) is 1. The SMILES string of the molecule is CC(C)C(C)C(=O)N1CC2CNCC2C1C. The van der Waals surface area contributed by atoms with E-state index in [1.165, 1.54) is 0 Å². The summed E-state index contributed by atoms with van der Waals surface area (Å²) < 4.78 is 0. The van der Waals surface area contributed by atoms with Crippen LogP contribution in [-0.2, 0) is 4.79 Å². The van der Waals surface area contributed by atoms with Crippen LogP contribution in [0.5, 0.6) is 0 Å². The molecule has 2 heterocycles. The Morgan fingerprint density at radius 1 is 1.31 bits per heavy atom. The summed E-state index contributed by atoms with van der Waals surface area (Å²) in [5, 5.41) is 3.43. The van der Waals surface area contributed by atoms with Crippen LogP contribution in [0.4, 0.5) is 0 Å². The molecule has 2 saturated heterocycles. The number of amides is 1. The maximum atomic E-state index is 12.3. The Hall–Kier alpha value is -0.570. The Morgan fingerprint density at radius 3 is 2.56 bits per heavy atom. The van der Waals surface area contributed by atoms with E-state index in [0.717, 1.165) is 19.6 Å². The van der Waals surface area contributed by atoms with Gasteiger partial charge >= 0.3 is 0 Å². The van der Waals surface area contributed by atoms with Gasteiger partial charge in [0.2, 0.25) is 5.91 Å². The van der Waals surface area contributed by atoms with E-state index < -0.39 is 0 Å². The molecule has 2 fully saturated rings. The van der Waals surface area contributed by atoms with Crippen molar-refractivity contribution in [2.24, 2.45) is 23.7 Å². The number of rotatable bonds is 2. The first-order chi connectivity index (χ1) is 7.52. The average molecular weight is 224 g/mol. The highest BCUT2D eigenvalue weighted by Crippen LogP contribution is 2.33. The highest BCUT2D eigenvalue weighted by Gasteiger charge is 2.44. The summed E-state index contributed by atoms with van der Waals surface area (Å²) in [5.41, 5.74) is 0. The first kappa shape index (κ1) is 11.9. The second-order valence-corrected chi connectivity index (χ2v) is 5.85. The van der Waals surface area contributed by atoms with Gasteiger partial charge in [-0.1, -0.05) is 20.8 Å². The second kappa shape index (κ2) is 4.36. The molecule has 3 heteroatoms. The van der Waals surface area contributed by atoms with Crippen molar-refractivity contribution in [3.63, 3.8) is 0 Å². The summed E-state index contributed by atoms with van der Waals surface area (Å²) in [6, 6.07) is 0.425. The van der Waals surface area contributed by atoms with Crippen molar-refractivity contribution in [2.45, 2.75) is 33.7 Å². The van der Waals surface area contributed by atoms with E-state index in [4.69, 9.17) is 0 Å². The van der Waals surface area contributed by atoms with Crippen LogP contribution in [-0.4, -0.2) is 36.5 Å². The largest absolute Gasteiger partial charge is 0.339 e. The van der Waals surface area contributed by atoms with Gasteiger partial charge in [-0.25, -0.2) is 0 Å². The standard InChI is InChI=1S/C13H24N2O/c1-8(2)9(3)13(16)15-7-11-5-14-6-12(11)10(15)4/h8-12,14H,5-7H2,1-4H3. The quantitative estimate of drug-likeness (QED) is 0.768. The van der Waals surface area contributed by atoms with Crippen LogP contribution >= 0.6 is 0 Å². The van der Waals surface area contributed by atoms with Gasteiger partial charge in [-0.2, -0.15) is 0 Å². The Bertz CT molecular complexity index is 277. The summed E-state index contributed by atoms with van der Waals surface area (Å²) in [6.07, 6.45) is 0. The first-order valence-electron chi connectivity index (χ1n) is 6.53. The molecule has 0 spiro atoms. The van der Waals surface area contributed by atoms with E-state index in [-0.39, 0.29) is 5.92 Å². The van der Waals surface area contributed by atoms with Crippen molar-refractivity contribution in [3.05, 3.63) is 0 Å². The van der Waals surface area contributed by atoms with Gasteiger partial charge in [-0.15, -0.1) is 0 Å². The van der Waals surface area contributed by atoms with Crippen molar-refractivity contribution < 1.29 is 4.79 Å². The minimum absolute atomic E-state index is 0.161. The zero-order chi connectivity index (χ0) is 11.9. The first-order valence-corrected chi connectivity index (χ1v) is 6.53. The highest BCUT2D eigenvalue weighted by atomic mass is 16.2. The molecule has 0 aliphatic carbocycles. The van der Waals surface area contributed by atoms with Gasteiger partial charge < -0.3 is 10.2 Å². The van der Waals surface area contributed by atoms with Crippen molar-refractivity contribution >= 4 is 5.91 Å². The van der Waals surface area contributed by atoms with Gasteiger partial charge in [-0.05, 0) is 24.7 Å². The fourth-order valence-corrected chi connectivity index (χ4v) is 3.01. The molecule has 4 atom stereocenters. The van der Waals surface area contributed by atoms with Crippen LogP contribution < -0.4 is 5.32 Å². The minimum Gasteiger partial charge on any atom is -0.339 e. The van der Waals surface area contributed by atoms with Crippen LogP contribution in [0.25, 0.3) is 0 Å². The summed E-state index contributed by atoms with van der Waals surface area (Å²) in [7, 11) is 0. The van der Waals surface area contributed by atoms with Gasteiger partial charge in [0.1, 0.15) is 0 Å². The number of fused-ring (bicyclic) bond motifs is 1.